The SMILES string of the molecule is O=C(Nc1nc(-c2ccccc2Cl)cs1)Oc1ccccc1. The quantitative estimate of drug-likeness (QED) is 0.729. The Morgan fingerprint density at radius 1 is 1.09 bits per heavy atom. The van der Waals surface area contributed by atoms with E-state index in [-0.39, 0.29) is 0 Å². The van der Waals surface area contributed by atoms with Gasteiger partial charge in [0.25, 0.3) is 0 Å². The summed E-state index contributed by atoms with van der Waals surface area (Å²) in [7, 11) is 0. The van der Waals surface area contributed by atoms with Crippen LogP contribution >= 0.6 is 22.9 Å². The number of amides is 1. The summed E-state index contributed by atoms with van der Waals surface area (Å²) < 4.78 is 5.15. The van der Waals surface area contributed by atoms with E-state index >= 15 is 0 Å². The normalized spacial score (nSPS) is 10.2. The molecule has 0 unspecified atom stereocenters. The summed E-state index contributed by atoms with van der Waals surface area (Å²) in [6.45, 7) is 0. The van der Waals surface area contributed by atoms with Crippen molar-refractivity contribution in [2.75, 3.05) is 5.32 Å². The van der Waals surface area contributed by atoms with Crippen LogP contribution in [0.3, 0.4) is 0 Å². The van der Waals surface area contributed by atoms with Crippen LogP contribution < -0.4 is 10.1 Å². The Kier molecular flexibility index (Phi) is 4.37. The van der Waals surface area contributed by atoms with Gasteiger partial charge in [0.05, 0.1) is 5.69 Å². The lowest BCUT2D eigenvalue weighted by atomic mass is 10.2. The van der Waals surface area contributed by atoms with Crippen LogP contribution in [-0.4, -0.2) is 11.1 Å². The summed E-state index contributed by atoms with van der Waals surface area (Å²) in [6, 6.07) is 16.3. The number of ether oxygens (including phenoxy) is 1. The number of thiazole rings is 1. The van der Waals surface area contributed by atoms with E-state index in [1.807, 2.05) is 29.6 Å². The minimum absolute atomic E-state index is 0.454. The molecule has 0 aliphatic carbocycles. The highest BCUT2D eigenvalue weighted by atomic mass is 35.5. The third-order valence-electron chi connectivity index (χ3n) is 2.82. The molecular weight excluding hydrogens is 320 g/mol. The first-order valence-corrected chi connectivity index (χ1v) is 7.72. The van der Waals surface area contributed by atoms with E-state index in [1.165, 1.54) is 11.3 Å². The predicted octanol–water partition coefficient (Wildman–Crippen LogP) is 5.07. The number of halogens is 1. The Bertz CT molecular complexity index is 790. The molecule has 6 heteroatoms. The fourth-order valence-corrected chi connectivity index (χ4v) is 2.76. The van der Waals surface area contributed by atoms with Gasteiger partial charge in [-0.05, 0) is 18.2 Å². The molecule has 0 saturated carbocycles. The second-order valence-corrected chi connectivity index (χ2v) is 5.61. The molecule has 0 spiro atoms. The Morgan fingerprint density at radius 3 is 2.59 bits per heavy atom. The van der Waals surface area contributed by atoms with Crippen LogP contribution in [0, 0.1) is 0 Å². The van der Waals surface area contributed by atoms with Gasteiger partial charge in [-0.15, -0.1) is 11.3 Å². The van der Waals surface area contributed by atoms with Crippen LogP contribution in [0.15, 0.2) is 60.0 Å². The van der Waals surface area contributed by atoms with Crippen molar-refractivity contribution in [2.24, 2.45) is 0 Å². The maximum absolute atomic E-state index is 11.8. The molecule has 1 heterocycles. The lowest BCUT2D eigenvalue weighted by molar-refractivity contribution is 0.215. The Morgan fingerprint density at radius 2 is 1.82 bits per heavy atom. The third-order valence-corrected chi connectivity index (χ3v) is 3.90. The van der Waals surface area contributed by atoms with Crippen molar-refractivity contribution in [1.82, 2.24) is 4.98 Å². The highest BCUT2D eigenvalue weighted by Crippen LogP contribution is 2.30. The molecule has 0 bridgehead atoms. The molecule has 3 aromatic rings. The van der Waals surface area contributed by atoms with E-state index in [2.05, 4.69) is 10.3 Å². The number of carbonyl (C=O) groups is 1. The van der Waals surface area contributed by atoms with E-state index < -0.39 is 6.09 Å². The van der Waals surface area contributed by atoms with Gasteiger partial charge in [0, 0.05) is 16.0 Å². The minimum Gasteiger partial charge on any atom is -0.410 e. The van der Waals surface area contributed by atoms with Crippen molar-refractivity contribution in [3.05, 3.63) is 65.0 Å². The first-order chi connectivity index (χ1) is 10.7. The van der Waals surface area contributed by atoms with Gasteiger partial charge in [-0.2, -0.15) is 0 Å². The van der Waals surface area contributed by atoms with Gasteiger partial charge < -0.3 is 4.74 Å². The monoisotopic (exact) mass is 330 g/mol. The second kappa shape index (κ2) is 6.60. The number of carbonyl (C=O) groups excluding carboxylic acids is 1. The van der Waals surface area contributed by atoms with Gasteiger partial charge in [0.2, 0.25) is 0 Å². The number of rotatable bonds is 3. The summed E-state index contributed by atoms with van der Waals surface area (Å²) in [5.41, 5.74) is 1.54. The zero-order valence-corrected chi connectivity index (χ0v) is 12.9. The number of hydrogen-bond acceptors (Lipinski definition) is 4. The third kappa shape index (κ3) is 3.44. The maximum atomic E-state index is 11.8. The highest BCUT2D eigenvalue weighted by molar-refractivity contribution is 7.14. The standard InChI is InChI=1S/C16H11ClN2O2S/c17-13-9-5-4-8-12(13)14-10-22-15(18-14)19-16(20)21-11-6-2-1-3-7-11/h1-10H,(H,18,19,20). The average molecular weight is 331 g/mol. The van der Waals surface area contributed by atoms with Gasteiger partial charge in [-0.1, -0.05) is 48.0 Å². The van der Waals surface area contributed by atoms with Crippen molar-refractivity contribution in [2.45, 2.75) is 0 Å². The molecule has 4 nitrogen and oxygen atoms in total. The molecule has 3 rings (SSSR count). The number of hydrogen-bond donors (Lipinski definition) is 1. The molecule has 0 radical (unpaired) electrons. The lowest BCUT2D eigenvalue weighted by Gasteiger charge is -2.03. The summed E-state index contributed by atoms with van der Waals surface area (Å²) >= 11 is 7.44. The van der Waals surface area contributed by atoms with Crippen LogP contribution in [0.1, 0.15) is 0 Å². The zero-order valence-electron chi connectivity index (χ0n) is 11.3. The van der Waals surface area contributed by atoms with Gasteiger partial charge in [-0.3, -0.25) is 5.32 Å². The fourth-order valence-electron chi connectivity index (χ4n) is 1.83. The van der Waals surface area contributed by atoms with E-state index in [4.69, 9.17) is 16.3 Å². The fraction of sp³-hybridized carbons (Fsp3) is 0. The largest absolute Gasteiger partial charge is 0.418 e. The molecule has 22 heavy (non-hydrogen) atoms. The number of anilines is 1. The minimum atomic E-state index is -0.578. The van der Waals surface area contributed by atoms with Crippen LogP contribution in [-0.2, 0) is 0 Å². The molecule has 1 N–H and O–H groups in total. The van der Waals surface area contributed by atoms with Crippen LogP contribution in [0.4, 0.5) is 9.93 Å². The summed E-state index contributed by atoms with van der Waals surface area (Å²) in [5.74, 6) is 0.475. The Balaban J connectivity index is 1.70. The zero-order chi connectivity index (χ0) is 15.4. The van der Waals surface area contributed by atoms with Crippen molar-refractivity contribution in [3.63, 3.8) is 0 Å². The molecule has 0 aliphatic rings. The van der Waals surface area contributed by atoms with Gasteiger partial charge in [0.15, 0.2) is 5.13 Å². The van der Waals surface area contributed by atoms with E-state index in [0.717, 1.165) is 5.56 Å². The number of aromatic nitrogens is 1. The van der Waals surface area contributed by atoms with E-state index in [0.29, 0.717) is 21.6 Å². The molecule has 1 amide bonds. The van der Waals surface area contributed by atoms with Crippen molar-refractivity contribution in [1.29, 1.82) is 0 Å². The molecule has 0 aliphatic heterocycles. The molecule has 0 fully saturated rings. The van der Waals surface area contributed by atoms with Gasteiger partial charge in [0.1, 0.15) is 5.75 Å². The van der Waals surface area contributed by atoms with Crippen molar-refractivity contribution < 1.29 is 9.53 Å². The van der Waals surface area contributed by atoms with Crippen molar-refractivity contribution >= 4 is 34.2 Å². The number of benzene rings is 2. The summed E-state index contributed by atoms with van der Waals surface area (Å²) in [5, 5.41) is 5.51. The second-order valence-electron chi connectivity index (χ2n) is 4.35. The van der Waals surface area contributed by atoms with Crippen LogP contribution in [0.2, 0.25) is 5.02 Å². The first kappa shape index (κ1) is 14.6. The number of nitrogens with one attached hydrogen (secondary N) is 1. The maximum Gasteiger partial charge on any atom is 0.418 e. The molecule has 2 aromatic carbocycles. The van der Waals surface area contributed by atoms with Gasteiger partial charge >= 0.3 is 6.09 Å². The molecule has 110 valence electrons. The topological polar surface area (TPSA) is 51.2 Å². The smallest absolute Gasteiger partial charge is 0.410 e. The Labute approximate surface area is 136 Å². The number of para-hydroxylation sites is 1. The summed E-state index contributed by atoms with van der Waals surface area (Å²) in [4.78, 5) is 16.1. The molecular formula is C16H11ClN2O2S. The van der Waals surface area contributed by atoms with E-state index in [9.17, 15) is 4.79 Å². The van der Waals surface area contributed by atoms with Crippen LogP contribution in [0.25, 0.3) is 11.3 Å². The highest BCUT2D eigenvalue weighted by Gasteiger charge is 2.11. The molecule has 0 saturated heterocycles. The Hall–Kier alpha value is -2.37. The van der Waals surface area contributed by atoms with Gasteiger partial charge in [-0.25, -0.2) is 9.78 Å². The first-order valence-electron chi connectivity index (χ1n) is 6.47. The summed E-state index contributed by atoms with van der Waals surface area (Å²) in [6.07, 6.45) is -0.578. The molecule has 0 atom stereocenters. The average Bonchev–Trinajstić information content (AvgIpc) is 2.97. The molecule has 1 aromatic heterocycles. The van der Waals surface area contributed by atoms with E-state index in [1.54, 1.807) is 30.3 Å². The lowest BCUT2D eigenvalue weighted by Crippen LogP contribution is -2.16. The van der Waals surface area contributed by atoms with Crippen LogP contribution in [0.5, 0.6) is 5.75 Å². The predicted molar refractivity (Wildman–Crippen MR) is 88.6 cm³/mol. The number of nitrogens with zero attached hydrogens (tertiary/aromatic N) is 1. The van der Waals surface area contributed by atoms with Crippen molar-refractivity contribution in [3.8, 4) is 17.0 Å².